The fraction of sp³-hybridized carbons (Fsp3) is 0.281. The quantitative estimate of drug-likeness (QED) is 0.279. The van der Waals surface area contributed by atoms with Gasteiger partial charge in [-0.2, -0.15) is 0 Å². The molecular formula is C32H34ClN3O. The van der Waals surface area contributed by atoms with Crippen LogP contribution in [0.4, 0.5) is 5.69 Å². The number of hydrogen-bond donors (Lipinski definition) is 2. The van der Waals surface area contributed by atoms with Crippen LogP contribution in [0.3, 0.4) is 0 Å². The van der Waals surface area contributed by atoms with Crippen molar-refractivity contribution < 1.29 is 4.79 Å². The number of nitrogens with one attached hydrogen (secondary N) is 1. The van der Waals surface area contributed by atoms with Gasteiger partial charge in [0.25, 0.3) is 5.91 Å². The number of piperazine rings is 1. The van der Waals surface area contributed by atoms with Gasteiger partial charge in [0.05, 0.1) is 11.3 Å². The molecule has 1 aliphatic heterocycles. The van der Waals surface area contributed by atoms with Gasteiger partial charge in [0, 0.05) is 32.6 Å². The van der Waals surface area contributed by atoms with Gasteiger partial charge in [-0.1, -0.05) is 80.1 Å². The molecule has 0 unspecified atom stereocenters. The van der Waals surface area contributed by atoms with Gasteiger partial charge in [-0.3, -0.25) is 4.79 Å². The molecule has 37 heavy (non-hydrogen) atoms. The van der Waals surface area contributed by atoms with Gasteiger partial charge in [-0.25, -0.2) is 0 Å². The number of primary amides is 1. The molecule has 0 bridgehead atoms. The van der Waals surface area contributed by atoms with Crippen molar-refractivity contribution in [3.63, 3.8) is 0 Å². The Morgan fingerprint density at radius 1 is 0.919 bits per heavy atom. The van der Waals surface area contributed by atoms with Crippen LogP contribution in [0.5, 0.6) is 0 Å². The van der Waals surface area contributed by atoms with E-state index < -0.39 is 0 Å². The lowest BCUT2D eigenvalue weighted by Gasteiger charge is -2.34. The molecule has 5 heteroatoms. The second-order valence-corrected chi connectivity index (χ2v) is 10.00. The predicted octanol–water partition coefficient (Wildman–Crippen LogP) is 6.35. The Balaban J connectivity index is 0.00000280. The maximum atomic E-state index is 13.3. The monoisotopic (exact) mass is 511 g/mol. The van der Waals surface area contributed by atoms with Crippen LogP contribution < -0.4 is 16.0 Å². The first kappa shape index (κ1) is 25.3. The van der Waals surface area contributed by atoms with Gasteiger partial charge < -0.3 is 16.0 Å². The maximum Gasteiger partial charge on any atom is 0.251 e. The summed E-state index contributed by atoms with van der Waals surface area (Å²) >= 11 is 0. The van der Waals surface area contributed by atoms with Crippen molar-refractivity contribution in [1.29, 1.82) is 0 Å². The van der Waals surface area contributed by atoms with Gasteiger partial charge in [-0.15, -0.1) is 12.4 Å². The van der Waals surface area contributed by atoms with Crippen LogP contribution >= 0.6 is 12.4 Å². The molecular weight excluding hydrogens is 478 g/mol. The molecule has 0 spiro atoms. The molecule has 4 nitrogen and oxygen atoms in total. The lowest BCUT2D eigenvalue weighted by atomic mass is 9.81. The van der Waals surface area contributed by atoms with Crippen molar-refractivity contribution in [3.8, 4) is 22.3 Å². The molecule has 3 N–H and O–H groups in total. The summed E-state index contributed by atoms with van der Waals surface area (Å²) in [5.74, 6) is -0.310. The number of rotatable bonds is 6. The second kappa shape index (κ2) is 10.6. The number of carbonyl (C=O) groups excluding carboxylic acids is 1. The van der Waals surface area contributed by atoms with Gasteiger partial charge in [-0.05, 0) is 62.6 Å². The van der Waals surface area contributed by atoms with Crippen molar-refractivity contribution in [2.24, 2.45) is 5.73 Å². The molecule has 0 saturated carbocycles. The maximum absolute atomic E-state index is 13.3. The summed E-state index contributed by atoms with van der Waals surface area (Å²) in [6.07, 6.45) is 3.74. The number of benzene rings is 4. The molecule has 0 atom stereocenters. The Bertz CT molecular complexity index is 1470. The number of fused-ring (bicyclic) bond motifs is 4. The van der Waals surface area contributed by atoms with Gasteiger partial charge in [0.15, 0.2) is 0 Å². The number of nitrogens with zero attached hydrogens (tertiary/aromatic N) is 1. The molecule has 1 fully saturated rings. The summed E-state index contributed by atoms with van der Waals surface area (Å²) in [5, 5.41) is 5.90. The van der Waals surface area contributed by atoms with Crippen molar-refractivity contribution >= 4 is 34.8 Å². The first-order valence-electron chi connectivity index (χ1n) is 13.2. The molecule has 1 aliphatic carbocycles. The average molecular weight is 512 g/mol. The van der Waals surface area contributed by atoms with E-state index in [1.54, 1.807) is 0 Å². The number of hydrogen-bond acceptors (Lipinski definition) is 3. The van der Waals surface area contributed by atoms with Gasteiger partial charge in [0.2, 0.25) is 0 Å². The fourth-order valence-electron chi connectivity index (χ4n) is 6.26. The molecule has 2 aliphatic rings. The highest BCUT2D eigenvalue weighted by atomic mass is 35.5. The lowest BCUT2D eigenvalue weighted by Crippen LogP contribution is -2.45. The minimum atomic E-state index is -0.310. The zero-order valence-electron chi connectivity index (χ0n) is 21.3. The van der Waals surface area contributed by atoms with E-state index in [-0.39, 0.29) is 18.3 Å². The molecule has 6 rings (SSSR count). The van der Waals surface area contributed by atoms with Crippen LogP contribution in [0, 0.1) is 0 Å². The summed E-state index contributed by atoms with van der Waals surface area (Å²) in [7, 11) is 0. The van der Waals surface area contributed by atoms with Crippen molar-refractivity contribution in [3.05, 3.63) is 89.0 Å². The van der Waals surface area contributed by atoms with E-state index >= 15 is 0 Å². The normalized spacial score (nSPS) is 14.2. The number of amides is 1. The SMILES string of the molecule is CCCCc1c(C(N)=O)c(N2CCNCC2)c2c(c1-c1cccc3ccccc13)-c1ccccc1C2.Cl. The number of halogens is 1. The van der Waals surface area contributed by atoms with E-state index in [0.717, 1.165) is 68.7 Å². The number of carbonyl (C=O) groups is 1. The third-order valence-electron chi connectivity index (χ3n) is 7.85. The lowest BCUT2D eigenvalue weighted by molar-refractivity contribution is 0.0999. The van der Waals surface area contributed by atoms with Crippen molar-refractivity contribution in [1.82, 2.24) is 5.32 Å². The van der Waals surface area contributed by atoms with Crippen LogP contribution in [-0.2, 0) is 12.8 Å². The molecule has 4 aromatic rings. The number of nitrogens with two attached hydrogens (primary N) is 1. The Hall–Kier alpha value is -3.34. The van der Waals surface area contributed by atoms with Crippen LogP contribution in [0.15, 0.2) is 66.7 Å². The van der Waals surface area contributed by atoms with Crippen LogP contribution in [-0.4, -0.2) is 32.1 Å². The van der Waals surface area contributed by atoms with Crippen LogP contribution in [0.25, 0.3) is 33.0 Å². The smallest absolute Gasteiger partial charge is 0.251 e. The van der Waals surface area contributed by atoms with E-state index in [4.69, 9.17) is 5.73 Å². The average Bonchev–Trinajstić information content (AvgIpc) is 3.30. The Morgan fingerprint density at radius 3 is 2.41 bits per heavy atom. The van der Waals surface area contributed by atoms with E-state index in [1.165, 1.54) is 44.2 Å². The molecule has 4 aromatic carbocycles. The third-order valence-corrected chi connectivity index (χ3v) is 7.85. The topological polar surface area (TPSA) is 58.4 Å². The highest BCUT2D eigenvalue weighted by Crippen LogP contribution is 2.52. The van der Waals surface area contributed by atoms with E-state index in [2.05, 4.69) is 83.9 Å². The van der Waals surface area contributed by atoms with Crippen molar-refractivity contribution in [2.75, 3.05) is 31.1 Å². The summed E-state index contributed by atoms with van der Waals surface area (Å²) in [4.78, 5) is 15.8. The minimum absolute atomic E-state index is 0. The van der Waals surface area contributed by atoms with E-state index in [9.17, 15) is 4.79 Å². The standard InChI is InChI=1S/C32H33N3O.ClH/c1-2-3-12-26-29(25-15-8-11-21-9-4-6-13-23(21)25)28-24-14-7-5-10-22(24)20-27(28)31(30(26)32(33)36)35-18-16-34-17-19-35;/h4-11,13-15,34H,2-3,12,16-20H2,1H3,(H2,33,36);1H. The third kappa shape index (κ3) is 4.28. The molecule has 1 saturated heterocycles. The van der Waals surface area contributed by atoms with E-state index in [1.807, 2.05) is 0 Å². The summed E-state index contributed by atoms with van der Waals surface area (Å²) in [5.41, 5.74) is 16.8. The zero-order chi connectivity index (χ0) is 24.6. The van der Waals surface area contributed by atoms with Crippen molar-refractivity contribution in [2.45, 2.75) is 32.6 Å². The largest absolute Gasteiger partial charge is 0.368 e. The highest BCUT2D eigenvalue weighted by Gasteiger charge is 2.34. The van der Waals surface area contributed by atoms with E-state index in [0.29, 0.717) is 0 Å². The zero-order valence-corrected chi connectivity index (χ0v) is 22.2. The first-order chi connectivity index (χ1) is 17.7. The first-order valence-corrected chi connectivity index (χ1v) is 13.2. The molecule has 0 radical (unpaired) electrons. The summed E-state index contributed by atoms with van der Waals surface area (Å²) in [6.45, 7) is 5.79. The number of unbranched alkanes of at least 4 members (excludes halogenated alkanes) is 1. The molecule has 190 valence electrons. The molecule has 1 heterocycles. The highest BCUT2D eigenvalue weighted by molar-refractivity contribution is 6.11. The van der Waals surface area contributed by atoms with Crippen LogP contribution in [0.2, 0.25) is 0 Å². The summed E-state index contributed by atoms with van der Waals surface area (Å²) in [6, 6.07) is 23.9. The number of anilines is 1. The Kier molecular flexibility index (Phi) is 7.23. The molecule has 1 amide bonds. The Morgan fingerprint density at radius 2 is 1.62 bits per heavy atom. The predicted molar refractivity (Wildman–Crippen MR) is 157 cm³/mol. The Labute approximate surface area is 225 Å². The minimum Gasteiger partial charge on any atom is -0.368 e. The van der Waals surface area contributed by atoms with Gasteiger partial charge in [0.1, 0.15) is 0 Å². The molecule has 0 aromatic heterocycles. The van der Waals surface area contributed by atoms with Gasteiger partial charge >= 0.3 is 0 Å². The van der Waals surface area contributed by atoms with Crippen LogP contribution in [0.1, 0.15) is 46.8 Å². The fourth-order valence-corrected chi connectivity index (χ4v) is 6.26. The second-order valence-electron chi connectivity index (χ2n) is 10.00. The summed E-state index contributed by atoms with van der Waals surface area (Å²) < 4.78 is 0.